The van der Waals surface area contributed by atoms with E-state index in [2.05, 4.69) is 57.4 Å². The van der Waals surface area contributed by atoms with Crippen molar-refractivity contribution in [2.75, 3.05) is 24.8 Å². The lowest BCUT2D eigenvalue weighted by molar-refractivity contribution is 0.412. The molecule has 0 amide bonds. The van der Waals surface area contributed by atoms with E-state index in [9.17, 15) is 0 Å². The lowest BCUT2D eigenvalue weighted by atomic mass is 10.3. The zero-order valence-corrected chi connectivity index (χ0v) is 14.5. The molecule has 20 heavy (non-hydrogen) atoms. The van der Waals surface area contributed by atoms with Gasteiger partial charge >= 0.3 is 0 Å². The van der Waals surface area contributed by atoms with Gasteiger partial charge in [-0.1, -0.05) is 0 Å². The van der Waals surface area contributed by atoms with Crippen LogP contribution in [0.3, 0.4) is 0 Å². The van der Waals surface area contributed by atoms with Gasteiger partial charge in [0.2, 0.25) is 17.2 Å². The Morgan fingerprint density at radius 3 is 2.45 bits per heavy atom. The highest BCUT2D eigenvalue weighted by atomic mass is 79.9. The Morgan fingerprint density at radius 1 is 1.10 bits per heavy atom. The third kappa shape index (κ3) is 3.50. The molecular formula is C11H10Br2ClN5O. The van der Waals surface area contributed by atoms with E-state index in [1.807, 2.05) is 12.1 Å². The maximum atomic E-state index is 5.83. The molecule has 0 unspecified atom stereocenters. The molecule has 9 heteroatoms. The third-order valence-corrected chi connectivity index (χ3v) is 3.76. The summed E-state index contributed by atoms with van der Waals surface area (Å²) >= 11 is 12.7. The lowest BCUT2D eigenvalue weighted by Gasteiger charge is -2.11. The number of methoxy groups -OCH3 is 1. The minimum absolute atomic E-state index is 0.104. The molecule has 1 heterocycles. The molecule has 0 radical (unpaired) electrons. The normalized spacial score (nSPS) is 10.2. The van der Waals surface area contributed by atoms with E-state index in [4.69, 9.17) is 16.3 Å². The van der Waals surface area contributed by atoms with E-state index < -0.39 is 0 Å². The Kier molecular flexibility index (Phi) is 5.00. The van der Waals surface area contributed by atoms with Gasteiger partial charge in [0.15, 0.2) is 0 Å². The summed E-state index contributed by atoms with van der Waals surface area (Å²) in [5.41, 5.74) is 0.745. The lowest BCUT2D eigenvalue weighted by Crippen LogP contribution is -2.04. The van der Waals surface area contributed by atoms with E-state index in [-0.39, 0.29) is 5.28 Å². The van der Waals surface area contributed by atoms with Crippen LogP contribution in [0.25, 0.3) is 0 Å². The molecule has 2 rings (SSSR count). The average molecular weight is 423 g/mol. The van der Waals surface area contributed by atoms with Crippen LogP contribution in [0.2, 0.25) is 5.28 Å². The molecule has 0 aliphatic heterocycles. The van der Waals surface area contributed by atoms with Crippen LogP contribution < -0.4 is 15.4 Å². The molecule has 0 bridgehead atoms. The fraction of sp³-hybridized carbons (Fsp3) is 0.182. The molecule has 2 aromatic rings. The number of nitrogens with zero attached hydrogens (tertiary/aromatic N) is 3. The molecule has 0 saturated carbocycles. The fourth-order valence-electron chi connectivity index (χ4n) is 1.42. The first-order chi connectivity index (χ1) is 9.53. The van der Waals surface area contributed by atoms with Gasteiger partial charge in [0, 0.05) is 17.6 Å². The van der Waals surface area contributed by atoms with Gasteiger partial charge in [0.05, 0.1) is 17.3 Å². The van der Waals surface area contributed by atoms with Crippen LogP contribution >= 0.6 is 43.5 Å². The van der Waals surface area contributed by atoms with Crippen LogP contribution in [0.5, 0.6) is 5.75 Å². The van der Waals surface area contributed by atoms with E-state index >= 15 is 0 Å². The maximum absolute atomic E-state index is 5.83. The number of anilines is 3. The summed E-state index contributed by atoms with van der Waals surface area (Å²) in [4.78, 5) is 12.1. The standard InChI is InChI=1S/C11H10Br2ClN5O/c1-15-10-17-9(14)18-11(19-10)16-7-4-8(20-2)6(13)3-5(7)12/h3-4H,1-2H3,(H2,15,16,17,18,19). The van der Waals surface area contributed by atoms with Crippen molar-refractivity contribution in [1.82, 2.24) is 15.0 Å². The monoisotopic (exact) mass is 421 g/mol. The molecule has 0 saturated heterocycles. The highest BCUT2D eigenvalue weighted by molar-refractivity contribution is 9.11. The van der Waals surface area contributed by atoms with Crippen LogP contribution in [0, 0.1) is 0 Å². The summed E-state index contributed by atoms with van der Waals surface area (Å²) in [5, 5.41) is 5.97. The van der Waals surface area contributed by atoms with E-state index in [1.165, 1.54) is 0 Å². The molecule has 0 fully saturated rings. The molecule has 0 atom stereocenters. The smallest absolute Gasteiger partial charge is 0.233 e. The summed E-state index contributed by atoms with van der Waals surface area (Å²) in [6.07, 6.45) is 0. The second-order valence-electron chi connectivity index (χ2n) is 3.59. The topological polar surface area (TPSA) is 72.0 Å². The number of hydrogen-bond donors (Lipinski definition) is 2. The number of hydrogen-bond acceptors (Lipinski definition) is 6. The van der Waals surface area contributed by atoms with Crippen molar-refractivity contribution in [1.29, 1.82) is 0 Å². The molecule has 0 spiro atoms. The quantitative estimate of drug-likeness (QED) is 0.779. The van der Waals surface area contributed by atoms with Crippen LogP contribution in [-0.2, 0) is 0 Å². The van der Waals surface area contributed by atoms with Crippen molar-refractivity contribution in [2.45, 2.75) is 0 Å². The van der Waals surface area contributed by atoms with Crippen molar-refractivity contribution in [3.05, 3.63) is 26.4 Å². The minimum Gasteiger partial charge on any atom is -0.495 e. The van der Waals surface area contributed by atoms with Crippen molar-refractivity contribution in [3.8, 4) is 5.75 Å². The Labute approximate surface area is 137 Å². The summed E-state index contributed by atoms with van der Waals surface area (Å²) < 4.78 is 6.91. The average Bonchev–Trinajstić information content (AvgIpc) is 2.41. The van der Waals surface area contributed by atoms with E-state index in [0.717, 1.165) is 14.6 Å². The molecule has 1 aromatic heterocycles. The number of rotatable bonds is 4. The van der Waals surface area contributed by atoms with E-state index in [1.54, 1.807) is 14.2 Å². The van der Waals surface area contributed by atoms with Crippen LogP contribution in [0.15, 0.2) is 21.1 Å². The maximum Gasteiger partial charge on any atom is 0.233 e. The Hall–Kier alpha value is -1.12. The largest absolute Gasteiger partial charge is 0.495 e. The highest BCUT2D eigenvalue weighted by Crippen LogP contribution is 2.35. The van der Waals surface area contributed by atoms with Crippen LogP contribution in [-0.4, -0.2) is 29.1 Å². The van der Waals surface area contributed by atoms with Crippen LogP contribution in [0.1, 0.15) is 0 Å². The minimum atomic E-state index is 0.104. The molecule has 0 aliphatic rings. The van der Waals surface area contributed by atoms with Gasteiger partial charge in [0.25, 0.3) is 0 Å². The van der Waals surface area contributed by atoms with Crippen molar-refractivity contribution >= 4 is 61.0 Å². The molecular weight excluding hydrogens is 413 g/mol. The number of aromatic nitrogens is 3. The first kappa shape index (κ1) is 15.3. The first-order valence-corrected chi connectivity index (χ1v) is 7.39. The van der Waals surface area contributed by atoms with Gasteiger partial charge in [0.1, 0.15) is 5.75 Å². The summed E-state index contributed by atoms with van der Waals surface area (Å²) in [6.45, 7) is 0. The fourth-order valence-corrected chi connectivity index (χ4v) is 2.83. The molecule has 1 aromatic carbocycles. The van der Waals surface area contributed by atoms with Crippen molar-refractivity contribution in [3.63, 3.8) is 0 Å². The molecule has 106 valence electrons. The Morgan fingerprint density at radius 2 is 1.80 bits per heavy atom. The number of benzene rings is 1. The van der Waals surface area contributed by atoms with Gasteiger partial charge in [-0.3, -0.25) is 0 Å². The van der Waals surface area contributed by atoms with Gasteiger partial charge < -0.3 is 15.4 Å². The Bertz CT molecular complexity index is 640. The summed E-state index contributed by atoms with van der Waals surface area (Å²) in [5.74, 6) is 1.40. The van der Waals surface area contributed by atoms with Crippen LogP contribution in [0.4, 0.5) is 17.6 Å². The summed E-state index contributed by atoms with van der Waals surface area (Å²) in [6, 6.07) is 3.67. The molecule has 2 N–H and O–H groups in total. The number of ether oxygens (including phenoxy) is 1. The third-order valence-electron chi connectivity index (χ3n) is 2.32. The highest BCUT2D eigenvalue weighted by Gasteiger charge is 2.10. The summed E-state index contributed by atoms with van der Waals surface area (Å²) in [7, 11) is 3.30. The van der Waals surface area contributed by atoms with E-state index in [0.29, 0.717) is 17.6 Å². The zero-order chi connectivity index (χ0) is 14.7. The SMILES string of the molecule is CNc1nc(Cl)nc(Nc2cc(OC)c(Br)cc2Br)n1. The molecule has 6 nitrogen and oxygen atoms in total. The Balaban J connectivity index is 2.36. The predicted octanol–water partition coefficient (Wildman–Crippen LogP) is 3.84. The molecule has 0 aliphatic carbocycles. The number of nitrogens with one attached hydrogen (secondary N) is 2. The first-order valence-electron chi connectivity index (χ1n) is 5.43. The second-order valence-corrected chi connectivity index (χ2v) is 5.64. The van der Waals surface area contributed by atoms with Gasteiger partial charge in [-0.05, 0) is 49.5 Å². The van der Waals surface area contributed by atoms with Crippen molar-refractivity contribution in [2.24, 2.45) is 0 Å². The second kappa shape index (κ2) is 6.55. The van der Waals surface area contributed by atoms with Gasteiger partial charge in [-0.2, -0.15) is 15.0 Å². The number of halogens is 3. The van der Waals surface area contributed by atoms with Gasteiger partial charge in [-0.25, -0.2) is 0 Å². The van der Waals surface area contributed by atoms with Gasteiger partial charge in [-0.15, -0.1) is 0 Å². The zero-order valence-electron chi connectivity index (χ0n) is 10.5. The van der Waals surface area contributed by atoms with Crippen molar-refractivity contribution < 1.29 is 4.74 Å². The predicted molar refractivity (Wildman–Crippen MR) is 86.1 cm³/mol.